The van der Waals surface area contributed by atoms with E-state index in [-0.39, 0.29) is 24.9 Å². The average molecular weight is 451 g/mol. The number of hydrogen-bond acceptors (Lipinski definition) is 5. The molecule has 1 atom stereocenters. The van der Waals surface area contributed by atoms with Crippen LogP contribution >= 0.6 is 0 Å². The first-order chi connectivity index (χ1) is 14.7. The number of nitrogens with zero attached hydrogens (tertiary/aromatic N) is 3. The number of nitrogens with one attached hydrogen (secondary N) is 1. The van der Waals surface area contributed by atoms with Gasteiger partial charge in [-0.3, -0.25) is 9.69 Å². The standard InChI is InChI=1S/C23H38N4O3S/c1-5-25-11-6-7-21(25)17-27(12-8-22(28)26-13-9-24-10-14-26)31(29,30)23-19(3)15-18(2)16-20(23)4/h15-16,21,24H,5-14,17H2,1-4H3/t21-/m1/s1. The minimum Gasteiger partial charge on any atom is -0.340 e. The fourth-order valence-electron chi connectivity index (χ4n) is 5.06. The van der Waals surface area contributed by atoms with Crippen LogP contribution in [-0.4, -0.2) is 86.8 Å². The van der Waals surface area contributed by atoms with Crippen molar-refractivity contribution in [2.24, 2.45) is 0 Å². The molecule has 2 heterocycles. The van der Waals surface area contributed by atoms with E-state index in [2.05, 4.69) is 17.1 Å². The molecule has 0 bridgehead atoms. The summed E-state index contributed by atoms with van der Waals surface area (Å²) >= 11 is 0. The lowest BCUT2D eigenvalue weighted by atomic mass is 10.1. The molecule has 0 saturated carbocycles. The number of sulfonamides is 1. The molecular weight excluding hydrogens is 412 g/mol. The van der Waals surface area contributed by atoms with Gasteiger partial charge in [-0.25, -0.2) is 8.42 Å². The molecule has 31 heavy (non-hydrogen) atoms. The number of carbonyl (C=O) groups excluding carboxylic acids is 1. The van der Waals surface area contributed by atoms with E-state index in [1.165, 1.54) is 0 Å². The van der Waals surface area contributed by atoms with Crippen molar-refractivity contribution < 1.29 is 13.2 Å². The number of likely N-dealkylation sites (N-methyl/N-ethyl adjacent to an activating group) is 1. The molecule has 7 nitrogen and oxygen atoms in total. The Hall–Kier alpha value is -1.48. The molecule has 1 N–H and O–H groups in total. The molecule has 2 aliphatic rings. The fraction of sp³-hybridized carbons (Fsp3) is 0.696. The van der Waals surface area contributed by atoms with Crippen LogP contribution in [0, 0.1) is 20.8 Å². The first-order valence-corrected chi connectivity index (χ1v) is 13.0. The predicted molar refractivity (Wildman–Crippen MR) is 124 cm³/mol. The third-order valence-electron chi connectivity index (χ3n) is 6.57. The number of amides is 1. The van der Waals surface area contributed by atoms with E-state index in [1.807, 2.05) is 37.8 Å². The lowest BCUT2D eigenvalue weighted by Gasteiger charge is -2.32. The zero-order valence-corrected chi connectivity index (χ0v) is 20.3. The zero-order valence-electron chi connectivity index (χ0n) is 19.5. The van der Waals surface area contributed by atoms with Gasteiger partial charge in [0.2, 0.25) is 15.9 Å². The van der Waals surface area contributed by atoms with Crippen LogP contribution in [-0.2, 0) is 14.8 Å². The maximum Gasteiger partial charge on any atom is 0.243 e. The number of benzene rings is 1. The van der Waals surface area contributed by atoms with Gasteiger partial charge in [-0.2, -0.15) is 4.31 Å². The molecule has 0 spiro atoms. The van der Waals surface area contributed by atoms with E-state index in [9.17, 15) is 13.2 Å². The van der Waals surface area contributed by atoms with Gasteiger partial charge in [0.05, 0.1) is 4.90 Å². The predicted octanol–water partition coefficient (Wildman–Crippen LogP) is 1.91. The highest BCUT2D eigenvalue weighted by molar-refractivity contribution is 7.89. The number of aryl methyl sites for hydroxylation is 3. The first-order valence-electron chi connectivity index (χ1n) is 11.5. The second kappa shape index (κ2) is 10.4. The van der Waals surface area contributed by atoms with Gasteiger partial charge < -0.3 is 10.2 Å². The van der Waals surface area contributed by atoms with Gasteiger partial charge in [0, 0.05) is 51.7 Å². The second-order valence-corrected chi connectivity index (χ2v) is 10.8. The van der Waals surface area contributed by atoms with E-state index in [0.717, 1.165) is 55.7 Å². The van der Waals surface area contributed by atoms with Gasteiger partial charge in [-0.1, -0.05) is 24.6 Å². The Morgan fingerprint density at radius 2 is 1.77 bits per heavy atom. The van der Waals surface area contributed by atoms with Crippen LogP contribution in [0.1, 0.15) is 42.9 Å². The van der Waals surface area contributed by atoms with Crippen molar-refractivity contribution in [1.82, 2.24) is 19.4 Å². The summed E-state index contributed by atoms with van der Waals surface area (Å²) in [6.45, 7) is 13.4. The van der Waals surface area contributed by atoms with Crippen LogP contribution in [0.25, 0.3) is 0 Å². The van der Waals surface area contributed by atoms with Crippen LogP contribution in [0.3, 0.4) is 0 Å². The third-order valence-corrected chi connectivity index (χ3v) is 8.74. The van der Waals surface area contributed by atoms with E-state index in [0.29, 0.717) is 24.5 Å². The summed E-state index contributed by atoms with van der Waals surface area (Å²) in [5, 5.41) is 3.25. The molecule has 0 radical (unpaired) electrons. The van der Waals surface area contributed by atoms with Crippen LogP contribution in [0.15, 0.2) is 17.0 Å². The van der Waals surface area contributed by atoms with E-state index < -0.39 is 10.0 Å². The summed E-state index contributed by atoms with van der Waals surface area (Å²) in [4.78, 5) is 17.4. The smallest absolute Gasteiger partial charge is 0.243 e. The Bertz CT molecular complexity index is 858. The molecular formula is C23H38N4O3S. The van der Waals surface area contributed by atoms with Crippen LogP contribution in [0.4, 0.5) is 0 Å². The van der Waals surface area contributed by atoms with Gasteiger partial charge in [0.15, 0.2) is 0 Å². The Balaban J connectivity index is 1.84. The number of likely N-dealkylation sites (tertiary alicyclic amines) is 1. The molecule has 1 aromatic carbocycles. The molecule has 2 fully saturated rings. The molecule has 2 saturated heterocycles. The van der Waals surface area contributed by atoms with Crippen LogP contribution < -0.4 is 5.32 Å². The van der Waals surface area contributed by atoms with Crippen molar-refractivity contribution in [1.29, 1.82) is 0 Å². The van der Waals surface area contributed by atoms with Gasteiger partial charge in [0.1, 0.15) is 0 Å². The van der Waals surface area contributed by atoms with Gasteiger partial charge in [0.25, 0.3) is 0 Å². The maximum absolute atomic E-state index is 13.8. The van der Waals surface area contributed by atoms with Crippen molar-refractivity contribution in [3.05, 3.63) is 28.8 Å². The topological polar surface area (TPSA) is 73.0 Å². The summed E-state index contributed by atoms with van der Waals surface area (Å²) < 4.78 is 29.2. The summed E-state index contributed by atoms with van der Waals surface area (Å²) in [5.41, 5.74) is 2.60. The Labute approximate surface area is 187 Å². The van der Waals surface area contributed by atoms with Crippen molar-refractivity contribution in [2.75, 3.05) is 52.4 Å². The summed E-state index contributed by atoms with van der Waals surface area (Å²) in [5.74, 6) is 0.0396. The minimum atomic E-state index is -3.70. The molecule has 3 rings (SSSR count). The minimum absolute atomic E-state index is 0.0396. The van der Waals surface area contributed by atoms with Crippen LogP contribution in [0.2, 0.25) is 0 Å². The van der Waals surface area contributed by atoms with E-state index >= 15 is 0 Å². The summed E-state index contributed by atoms with van der Waals surface area (Å²) in [7, 11) is -3.70. The molecule has 2 aliphatic heterocycles. The SMILES string of the molecule is CCN1CCC[C@@H]1CN(CCC(=O)N1CCNCC1)S(=O)(=O)c1c(C)cc(C)cc1C. The van der Waals surface area contributed by atoms with Crippen molar-refractivity contribution in [3.63, 3.8) is 0 Å². The highest BCUT2D eigenvalue weighted by atomic mass is 32.2. The van der Waals surface area contributed by atoms with Gasteiger partial charge >= 0.3 is 0 Å². The molecule has 1 aromatic rings. The summed E-state index contributed by atoms with van der Waals surface area (Å²) in [6.07, 6.45) is 2.31. The molecule has 0 unspecified atom stereocenters. The maximum atomic E-state index is 13.8. The molecule has 1 amide bonds. The second-order valence-electron chi connectivity index (χ2n) is 8.90. The van der Waals surface area contributed by atoms with Crippen molar-refractivity contribution in [2.45, 2.75) is 57.9 Å². The van der Waals surface area contributed by atoms with E-state index in [4.69, 9.17) is 0 Å². The monoisotopic (exact) mass is 450 g/mol. The van der Waals surface area contributed by atoms with E-state index in [1.54, 1.807) is 4.31 Å². The molecule has 0 aliphatic carbocycles. The van der Waals surface area contributed by atoms with Crippen molar-refractivity contribution in [3.8, 4) is 0 Å². The largest absolute Gasteiger partial charge is 0.340 e. The number of carbonyl (C=O) groups is 1. The lowest BCUT2D eigenvalue weighted by molar-refractivity contribution is -0.131. The quantitative estimate of drug-likeness (QED) is 0.655. The first kappa shape index (κ1) is 24.2. The van der Waals surface area contributed by atoms with Gasteiger partial charge in [-0.05, 0) is 57.8 Å². The highest BCUT2D eigenvalue weighted by Crippen LogP contribution is 2.27. The summed E-state index contributed by atoms with van der Waals surface area (Å²) in [6, 6.07) is 4.07. The zero-order chi connectivity index (χ0) is 22.6. The van der Waals surface area contributed by atoms with Crippen LogP contribution in [0.5, 0.6) is 0 Å². The lowest BCUT2D eigenvalue weighted by Crippen LogP contribution is -2.48. The normalized spacial score (nSPS) is 20.5. The average Bonchev–Trinajstić information content (AvgIpc) is 3.17. The van der Waals surface area contributed by atoms with Crippen molar-refractivity contribution >= 4 is 15.9 Å². The Kier molecular flexibility index (Phi) is 8.13. The fourth-order valence-corrected chi connectivity index (χ4v) is 6.95. The Morgan fingerprint density at radius 3 is 2.39 bits per heavy atom. The third kappa shape index (κ3) is 5.66. The van der Waals surface area contributed by atoms with Gasteiger partial charge in [-0.15, -0.1) is 0 Å². The molecule has 0 aromatic heterocycles. The molecule has 8 heteroatoms. The Morgan fingerprint density at radius 1 is 1.13 bits per heavy atom. The number of rotatable bonds is 8. The highest BCUT2D eigenvalue weighted by Gasteiger charge is 2.33. The number of piperazine rings is 1. The number of hydrogen-bond donors (Lipinski definition) is 1. The molecule has 174 valence electrons.